The summed E-state index contributed by atoms with van der Waals surface area (Å²) in [6.07, 6.45) is -0.984. The molecule has 0 aromatic heterocycles. The summed E-state index contributed by atoms with van der Waals surface area (Å²) in [6, 6.07) is 0. The Morgan fingerprint density at radius 2 is 1.70 bits per heavy atom. The molecule has 4 heteroatoms. The van der Waals surface area contributed by atoms with Crippen LogP contribution in [0.25, 0.3) is 0 Å². The summed E-state index contributed by atoms with van der Waals surface area (Å²) in [4.78, 5) is 20.2. The van der Waals surface area contributed by atoms with E-state index in [4.69, 9.17) is 0 Å². The Balaban J connectivity index is 4.13. The highest BCUT2D eigenvalue weighted by Crippen LogP contribution is 2.19. The van der Waals surface area contributed by atoms with Crippen molar-refractivity contribution in [1.29, 1.82) is 0 Å². The van der Waals surface area contributed by atoms with Crippen molar-refractivity contribution in [2.24, 2.45) is 0 Å². The minimum atomic E-state index is -3.47. The number of hydrogen-bond donors (Lipinski definition) is 0. The number of halogens is 2. The van der Waals surface area contributed by atoms with Crippen LogP contribution in [0.2, 0.25) is 0 Å². The highest BCUT2D eigenvalue weighted by atomic mass is 19.3. The SMILES string of the molecule is CC(=O)CC(F)(F)C(C)=O. The fourth-order valence-electron chi connectivity index (χ4n) is 0.437. The molecule has 0 rings (SSSR count). The van der Waals surface area contributed by atoms with Gasteiger partial charge in [-0.05, 0) is 6.92 Å². The molecule has 0 aliphatic carbocycles. The van der Waals surface area contributed by atoms with Gasteiger partial charge in [-0.1, -0.05) is 0 Å². The Labute approximate surface area is 57.2 Å². The molecule has 0 atom stereocenters. The van der Waals surface area contributed by atoms with E-state index in [1.54, 1.807) is 0 Å². The molecule has 0 aromatic rings. The van der Waals surface area contributed by atoms with E-state index in [0.717, 1.165) is 13.8 Å². The lowest BCUT2D eigenvalue weighted by molar-refractivity contribution is -0.145. The summed E-state index contributed by atoms with van der Waals surface area (Å²) < 4.78 is 24.5. The van der Waals surface area contributed by atoms with E-state index < -0.39 is 23.9 Å². The van der Waals surface area contributed by atoms with Crippen LogP contribution in [0.5, 0.6) is 0 Å². The van der Waals surface area contributed by atoms with E-state index in [-0.39, 0.29) is 0 Å². The maximum Gasteiger partial charge on any atom is 0.311 e. The zero-order chi connectivity index (χ0) is 8.36. The van der Waals surface area contributed by atoms with E-state index in [0.29, 0.717) is 0 Å². The molecular formula is C6H8F2O2. The minimum Gasteiger partial charge on any atom is -0.300 e. The van der Waals surface area contributed by atoms with E-state index in [9.17, 15) is 18.4 Å². The first kappa shape index (κ1) is 9.20. The van der Waals surface area contributed by atoms with Gasteiger partial charge >= 0.3 is 5.92 Å². The summed E-state index contributed by atoms with van der Waals surface area (Å²) in [6.45, 7) is 1.79. The second-order valence-electron chi connectivity index (χ2n) is 2.14. The van der Waals surface area contributed by atoms with Gasteiger partial charge in [0, 0.05) is 6.92 Å². The third-order valence-corrected chi connectivity index (χ3v) is 0.986. The molecule has 0 fully saturated rings. The standard InChI is InChI=1S/C6H8F2O2/c1-4(9)3-6(7,8)5(2)10/h3H2,1-2H3. The smallest absolute Gasteiger partial charge is 0.300 e. The molecule has 0 bridgehead atoms. The van der Waals surface area contributed by atoms with Gasteiger partial charge in [0.15, 0.2) is 5.78 Å². The first-order valence-electron chi connectivity index (χ1n) is 2.74. The number of carbonyl (C=O) groups is 2. The summed E-state index contributed by atoms with van der Waals surface area (Å²) in [5, 5.41) is 0. The second kappa shape index (κ2) is 2.86. The molecule has 2 nitrogen and oxygen atoms in total. The third-order valence-electron chi connectivity index (χ3n) is 0.986. The normalized spacial score (nSPS) is 11.2. The molecular weight excluding hydrogens is 142 g/mol. The zero-order valence-electron chi connectivity index (χ0n) is 5.78. The maximum atomic E-state index is 12.2. The summed E-state index contributed by atoms with van der Waals surface area (Å²) in [7, 11) is 0. The molecule has 10 heavy (non-hydrogen) atoms. The van der Waals surface area contributed by atoms with Gasteiger partial charge in [0.2, 0.25) is 0 Å². The average molecular weight is 150 g/mol. The fraction of sp³-hybridized carbons (Fsp3) is 0.667. The average Bonchev–Trinajstić information content (AvgIpc) is 1.60. The Kier molecular flexibility index (Phi) is 2.63. The van der Waals surface area contributed by atoms with Crippen LogP contribution in [-0.4, -0.2) is 17.5 Å². The summed E-state index contributed by atoms with van der Waals surface area (Å²) >= 11 is 0. The van der Waals surface area contributed by atoms with Crippen LogP contribution < -0.4 is 0 Å². The Hall–Kier alpha value is -0.800. The number of carbonyl (C=O) groups excluding carboxylic acids is 2. The van der Waals surface area contributed by atoms with Gasteiger partial charge in [0.25, 0.3) is 0 Å². The summed E-state index contributed by atoms with van der Waals surface area (Å²) in [5.74, 6) is -5.41. The van der Waals surface area contributed by atoms with Gasteiger partial charge < -0.3 is 0 Å². The minimum absolute atomic E-state index is 0.680. The number of rotatable bonds is 3. The van der Waals surface area contributed by atoms with E-state index >= 15 is 0 Å². The molecule has 0 unspecified atom stereocenters. The largest absolute Gasteiger partial charge is 0.311 e. The molecule has 0 aromatic carbocycles. The van der Waals surface area contributed by atoms with Crippen molar-refractivity contribution in [2.45, 2.75) is 26.2 Å². The van der Waals surface area contributed by atoms with Gasteiger partial charge in [-0.3, -0.25) is 9.59 Å². The molecule has 0 spiro atoms. The maximum absolute atomic E-state index is 12.2. The predicted octanol–water partition coefficient (Wildman–Crippen LogP) is 1.19. The number of alkyl halides is 2. The van der Waals surface area contributed by atoms with Crippen molar-refractivity contribution in [3.05, 3.63) is 0 Å². The lowest BCUT2D eigenvalue weighted by atomic mass is 10.1. The van der Waals surface area contributed by atoms with Crippen molar-refractivity contribution in [2.75, 3.05) is 0 Å². The fourth-order valence-corrected chi connectivity index (χ4v) is 0.437. The van der Waals surface area contributed by atoms with Crippen LogP contribution in [-0.2, 0) is 9.59 Å². The Morgan fingerprint density at radius 3 is 1.80 bits per heavy atom. The van der Waals surface area contributed by atoms with Crippen LogP contribution in [0.3, 0.4) is 0 Å². The molecule has 0 saturated carbocycles. The van der Waals surface area contributed by atoms with Gasteiger partial charge in [0.1, 0.15) is 5.78 Å². The molecule has 0 N–H and O–H groups in total. The lowest BCUT2D eigenvalue weighted by Crippen LogP contribution is -2.28. The van der Waals surface area contributed by atoms with Crippen molar-refractivity contribution >= 4 is 11.6 Å². The van der Waals surface area contributed by atoms with E-state index in [1.165, 1.54) is 0 Å². The molecule has 0 heterocycles. The first-order valence-corrected chi connectivity index (χ1v) is 2.74. The van der Waals surface area contributed by atoms with Gasteiger partial charge in [-0.25, -0.2) is 0 Å². The molecule has 0 aliphatic rings. The molecule has 0 radical (unpaired) electrons. The summed E-state index contributed by atoms with van der Waals surface area (Å²) in [5.41, 5.74) is 0. The molecule has 0 aliphatic heterocycles. The Bertz CT molecular complexity index is 163. The van der Waals surface area contributed by atoms with E-state index in [2.05, 4.69) is 0 Å². The van der Waals surface area contributed by atoms with E-state index in [1.807, 2.05) is 0 Å². The second-order valence-corrected chi connectivity index (χ2v) is 2.14. The van der Waals surface area contributed by atoms with Gasteiger partial charge in [0.05, 0.1) is 6.42 Å². The van der Waals surface area contributed by atoms with Crippen molar-refractivity contribution in [3.63, 3.8) is 0 Å². The van der Waals surface area contributed by atoms with Crippen LogP contribution in [0.4, 0.5) is 8.78 Å². The first-order chi connectivity index (χ1) is 4.36. The van der Waals surface area contributed by atoms with Crippen molar-refractivity contribution in [3.8, 4) is 0 Å². The number of ketones is 2. The molecule has 0 amide bonds. The van der Waals surface area contributed by atoms with Crippen molar-refractivity contribution < 1.29 is 18.4 Å². The van der Waals surface area contributed by atoms with Crippen LogP contribution in [0, 0.1) is 0 Å². The number of Topliss-reactive ketones (excluding diaryl/α,β-unsaturated/α-hetero) is 2. The third kappa shape index (κ3) is 2.66. The highest BCUT2D eigenvalue weighted by molar-refractivity contribution is 5.89. The Morgan fingerprint density at radius 1 is 1.30 bits per heavy atom. The molecule has 0 saturated heterocycles. The quantitative estimate of drug-likeness (QED) is 0.605. The lowest BCUT2D eigenvalue weighted by Gasteiger charge is -2.08. The van der Waals surface area contributed by atoms with Gasteiger partial charge in [-0.15, -0.1) is 0 Å². The van der Waals surface area contributed by atoms with Crippen LogP contribution >= 0.6 is 0 Å². The topological polar surface area (TPSA) is 34.1 Å². The van der Waals surface area contributed by atoms with Gasteiger partial charge in [-0.2, -0.15) is 8.78 Å². The monoisotopic (exact) mass is 150 g/mol. The van der Waals surface area contributed by atoms with Crippen molar-refractivity contribution in [1.82, 2.24) is 0 Å². The molecule has 58 valence electrons. The van der Waals surface area contributed by atoms with Crippen LogP contribution in [0.1, 0.15) is 20.3 Å². The zero-order valence-corrected chi connectivity index (χ0v) is 5.78. The van der Waals surface area contributed by atoms with Crippen LogP contribution in [0.15, 0.2) is 0 Å². The number of hydrogen-bond acceptors (Lipinski definition) is 2. The predicted molar refractivity (Wildman–Crippen MR) is 30.9 cm³/mol. The highest BCUT2D eigenvalue weighted by Gasteiger charge is 2.36.